The van der Waals surface area contributed by atoms with Crippen LogP contribution in [0.15, 0.2) is 41.3 Å². The second-order valence-corrected chi connectivity index (χ2v) is 7.81. The van der Waals surface area contributed by atoms with Crippen molar-refractivity contribution in [1.29, 1.82) is 0 Å². The number of hydrogen-bond donors (Lipinski definition) is 4. The highest BCUT2D eigenvalue weighted by Crippen LogP contribution is 2.26. The zero-order chi connectivity index (χ0) is 22.4. The van der Waals surface area contributed by atoms with E-state index in [1.54, 1.807) is 17.6 Å². The van der Waals surface area contributed by atoms with Crippen molar-refractivity contribution >= 4 is 33.9 Å². The lowest BCUT2D eigenvalue weighted by Gasteiger charge is -2.37. The third-order valence-corrected chi connectivity index (χ3v) is 5.81. The van der Waals surface area contributed by atoms with E-state index in [0.29, 0.717) is 22.3 Å². The fraction of sp³-hybridized carbons (Fsp3) is 0.333. The molecule has 1 aliphatic heterocycles. The van der Waals surface area contributed by atoms with Crippen LogP contribution in [-0.2, 0) is 11.3 Å². The summed E-state index contributed by atoms with van der Waals surface area (Å²) in [5, 5.41) is 24.9. The van der Waals surface area contributed by atoms with E-state index in [1.165, 1.54) is 12.7 Å². The number of hydrogen-bond acceptors (Lipinski definition) is 9. The van der Waals surface area contributed by atoms with E-state index in [0.717, 1.165) is 5.39 Å². The summed E-state index contributed by atoms with van der Waals surface area (Å²) in [4.78, 5) is 25.0. The first kappa shape index (κ1) is 20.4. The Labute approximate surface area is 181 Å². The van der Waals surface area contributed by atoms with Crippen LogP contribution in [0.2, 0.25) is 0 Å². The minimum Gasteiger partial charge on any atom is -0.451 e. The first-order valence-electron chi connectivity index (χ1n) is 10.1. The van der Waals surface area contributed by atoms with Gasteiger partial charge in [0.25, 0.3) is 5.91 Å². The van der Waals surface area contributed by atoms with E-state index in [4.69, 9.17) is 14.9 Å². The first-order valence-corrected chi connectivity index (χ1v) is 10.1. The molecule has 0 bridgehead atoms. The largest absolute Gasteiger partial charge is 0.451 e. The molecule has 11 heteroatoms. The van der Waals surface area contributed by atoms with Crippen LogP contribution in [0.25, 0.3) is 22.1 Å². The number of anilines is 1. The van der Waals surface area contributed by atoms with Crippen LogP contribution in [0.5, 0.6) is 0 Å². The van der Waals surface area contributed by atoms with Crippen LogP contribution >= 0.6 is 0 Å². The third-order valence-electron chi connectivity index (χ3n) is 5.81. The number of nitrogens with zero attached hydrogens (tertiary/aromatic N) is 4. The number of aliphatic hydroxyl groups excluding tert-OH is 2. The highest BCUT2D eigenvalue weighted by atomic mass is 16.5. The Morgan fingerprint density at radius 2 is 2.06 bits per heavy atom. The van der Waals surface area contributed by atoms with Gasteiger partial charge < -0.3 is 35.0 Å². The number of aliphatic hydroxyl groups is 2. The van der Waals surface area contributed by atoms with Crippen molar-refractivity contribution in [2.24, 2.45) is 0 Å². The maximum atomic E-state index is 12.8. The van der Waals surface area contributed by atoms with E-state index < -0.39 is 30.3 Å². The Balaban J connectivity index is 1.29. The monoisotopic (exact) mass is 438 g/mol. The predicted octanol–water partition coefficient (Wildman–Crippen LogP) is 0.382. The maximum Gasteiger partial charge on any atom is 0.287 e. The van der Waals surface area contributed by atoms with Crippen LogP contribution in [0.4, 0.5) is 5.82 Å². The molecular weight excluding hydrogens is 416 g/mol. The summed E-state index contributed by atoms with van der Waals surface area (Å²) in [6.45, 7) is 2.00. The topological polar surface area (TPSA) is 162 Å². The van der Waals surface area contributed by atoms with Crippen LogP contribution in [0.3, 0.4) is 0 Å². The van der Waals surface area contributed by atoms with Gasteiger partial charge in [-0.2, -0.15) is 0 Å². The number of amides is 1. The number of nitrogen functional groups attached to an aromatic ring is 1. The number of carbonyl (C=O) groups excluding carboxylic acids is 1. The van der Waals surface area contributed by atoms with Crippen molar-refractivity contribution < 1.29 is 24.2 Å². The number of rotatable bonds is 4. The number of imidazole rings is 1. The molecule has 4 atom stereocenters. The Hall–Kier alpha value is -3.54. The summed E-state index contributed by atoms with van der Waals surface area (Å²) in [6.07, 6.45) is -0.371. The Bertz CT molecular complexity index is 1300. The number of aryl methyl sites for hydroxylation is 1. The maximum absolute atomic E-state index is 12.8. The van der Waals surface area contributed by atoms with E-state index >= 15 is 0 Å². The molecule has 0 aliphatic carbocycles. The van der Waals surface area contributed by atoms with E-state index in [2.05, 4.69) is 20.3 Å². The summed E-state index contributed by atoms with van der Waals surface area (Å²) < 4.78 is 13.1. The van der Waals surface area contributed by atoms with Crippen LogP contribution in [-0.4, -0.2) is 66.6 Å². The van der Waals surface area contributed by atoms with Crippen molar-refractivity contribution in [1.82, 2.24) is 24.8 Å². The zero-order valence-electron chi connectivity index (χ0n) is 17.2. The van der Waals surface area contributed by atoms with Gasteiger partial charge in [0.2, 0.25) is 0 Å². The lowest BCUT2D eigenvalue weighted by atomic mass is 9.97. The quantitative estimate of drug-likeness (QED) is 0.353. The average Bonchev–Trinajstić information content (AvgIpc) is 3.36. The van der Waals surface area contributed by atoms with Gasteiger partial charge in [-0.25, -0.2) is 15.0 Å². The van der Waals surface area contributed by atoms with Gasteiger partial charge in [0.05, 0.1) is 25.5 Å². The fourth-order valence-electron chi connectivity index (χ4n) is 4.02. The van der Waals surface area contributed by atoms with Gasteiger partial charge in [0.15, 0.2) is 17.2 Å². The molecule has 0 radical (unpaired) electrons. The third kappa shape index (κ3) is 3.36. The number of nitrogens with two attached hydrogens (primary N) is 1. The summed E-state index contributed by atoms with van der Waals surface area (Å²) >= 11 is 0. The number of ether oxygens (including phenoxy) is 1. The number of carbonyl (C=O) groups is 1. The van der Waals surface area contributed by atoms with Crippen LogP contribution in [0.1, 0.15) is 16.1 Å². The molecule has 0 unspecified atom stereocenters. The number of aromatic nitrogens is 4. The molecule has 1 aromatic carbocycles. The lowest BCUT2D eigenvalue weighted by Crippen LogP contribution is -2.59. The average molecular weight is 438 g/mol. The van der Waals surface area contributed by atoms with Gasteiger partial charge in [-0.05, 0) is 13.0 Å². The summed E-state index contributed by atoms with van der Waals surface area (Å²) in [5.41, 5.74) is 8.06. The van der Waals surface area contributed by atoms with Crippen molar-refractivity contribution in [2.45, 2.75) is 37.8 Å². The van der Waals surface area contributed by atoms with Crippen molar-refractivity contribution in [3.05, 3.63) is 48.2 Å². The molecule has 3 aromatic heterocycles. The highest BCUT2D eigenvalue weighted by Gasteiger charge is 2.40. The standard InChI is InChI=1S/C21H22N6O5/c1-10-11-4-2-3-5-13(11)32-18(10)21(30)26-12-7-31-14(17(29)16(12)28)6-27-9-25-15-19(22)23-8-24-20(15)27/h2-5,8-9,12,14,16-17,28-29H,6-7H2,1H3,(H,26,30)(H2,22,23,24)/t12-,14-,16+,17-/m1/s1. The second-order valence-electron chi connectivity index (χ2n) is 7.81. The minimum absolute atomic E-state index is 0.0116. The normalized spacial score (nSPS) is 23.6. The Morgan fingerprint density at radius 3 is 2.88 bits per heavy atom. The number of benzene rings is 1. The fourth-order valence-corrected chi connectivity index (χ4v) is 4.02. The van der Waals surface area contributed by atoms with Gasteiger partial charge in [-0.1, -0.05) is 18.2 Å². The molecule has 32 heavy (non-hydrogen) atoms. The van der Waals surface area contributed by atoms with Gasteiger partial charge >= 0.3 is 0 Å². The van der Waals surface area contributed by atoms with Crippen molar-refractivity contribution in [3.63, 3.8) is 0 Å². The number of para-hydroxylation sites is 1. The molecule has 1 aliphatic rings. The molecule has 1 saturated heterocycles. The predicted molar refractivity (Wildman–Crippen MR) is 114 cm³/mol. The molecule has 11 nitrogen and oxygen atoms in total. The van der Waals surface area contributed by atoms with Crippen LogP contribution in [0, 0.1) is 6.92 Å². The van der Waals surface area contributed by atoms with E-state index in [9.17, 15) is 15.0 Å². The Kier molecular flexibility index (Phi) is 5.00. The lowest BCUT2D eigenvalue weighted by molar-refractivity contribution is -0.152. The first-order chi connectivity index (χ1) is 15.4. The van der Waals surface area contributed by atoms with Gasteiger partial charge in [-0.3, -0.25) is 4.79 Å². The Morgan fingerprint density at radius 1 is 1.25 bits per heavy atom. The second kappa shape index (κ2) is 7.86. The summed E-state index contributed by atoms with van der Waals surface area (Å²) in [7, 11) is 0. The zero-order valence-corrected chi connectivity index (χ0v) is 17.2. The van der Waals surface area contributed by atoms with Gasteiger partial charge in [0.1, 0.15) is 35.7 Å². The molecule has 1 fully saturated rings. The molecule has 0 spiro atoms. The molecule has 0 saturated carbocycles. The molecular formula is C21H22N6O5. The molecule has 4 heterocycles. The summed E-state index contributed by atoms with van der Waals surface area (Å²) in [6, 6.07) is 6.54. The minimum atomic E-state index is -1.25. The molecule has 5 N–H and O–H groups in total. The van der Waals surface area contributed by atoms with E-state index in [1.807, 2.05) is 18.2 Å². The number of furan rings is 1. The number of nitrogens with one attached hydrogen (secondary N) is 1. The van der Waals surface area contributed by atoms with E-state index in [-0.39, 0.29) is 24.7 Å². The number of fused-ring (bicyclic) bond motifs is 2. The van der Waals surface area contributed by atoms with Crippen LogP contribution < -0.4 is 11.1 Å². The SMILES string of the molecule is Cc1c(C(=O)N[C@@H]2CO[C@H](Cn3cnc4c(N)ncnc43)[C@@H](O)[C@H]2O)oc2ccccc12. The molecule has 4 aromatic rings. The smallest absolute Gasteiger partial charge is 0.287 e. The summed E-state index contributed by atoms with van der Waals surface area (Å²) in [5.74, 6) is -0.0653. The van der Waals surface area contributed by atoms with Gasteiger partial charge in [0, 0.05) is 10.9 Å². The molecule has 5 rings (SSSR count). The van der Waals surface area contributed by atoms with Crippen molar-refractivity contribution in [2.75, 3.05) is 12.3 Å². The highest BCUT2D eigenvalue weighted by molar-refractivity contribution is 5.99. The van der Waals surface area contributed by atoms with Gasteiger partial charge in [-0.15, -0.1) is 0 Å². The van der Waals surface area contributed by atoms with Crippen molar-refractivity contribution in [3.8, 4) is 0 Å². The molecule has 166 valence electrons. The molecule has 1 amide bonds.